The highest BCUT2D eigenvalue weighted by atomic mass is 16.5. The molecule has 0 spiro atoms. The fraction of sp³-hybridized carbons (Fsp3) is 0.0986. The molecule has 0 aliphatic rings. The molecule has 0 N–H and O–H groups in total. The molecule has 3 heteroatoms. The third-order valence-corrected chi connectivity index (χ3v) is 13.8. The van der Waals surface area contributed by atoms with E-state index >= 15 is 0 Å². The average molecular weight is 959 g/mol. The lowest BCUT2D eigenvalue weighted by Gasteiger charge is -2.26. The van der Waals surface area contributed by atoms with Crippen molar-refractivity contribution in [3.05, 3.63) is 312 Å². The van der Waals surface area contributed by atoms with Crippen molar-refractivity contribution in [3.63, 3.8) is 0 Å². The van der Waals surface area contributed by atoms with Crippen molar-refractivity contribution >= 4 is 46.3 Å². The summed E-state index contributed by atoms with van der Waals surface area (Å²) in [6.07, 6.45) is 8.82. The van der Waals surface area contributed by atoms with Crippen molar-refractivity contribution in [1.82, 2.24) is 0 Å². The second kappa shape index (κ2) is 24.1. The third-order valence-electron chi connectivity index (χ3n) is 13.8. The Bertz CT molecular complexity index is 3100. The fourth-order valence-electron chi connectivity index (χ4n) is 9.58. The lowest BCUT2D eigenvalue weighted by Crippen LogP contribution is -2.10. The van der Waals surface area contributed by atoms with Crippen LogP contribution in [0.5, 0.6) is 0 Å². The third kappa shape index (κ3) is 12.5. The lowest BCUT2D eigenvalue weighted by atomic mass is 10.0. The van der Waals surface area contributed by atoms with E-state index in [1.54, 1.807) is 0 Å². The van der Waals surface area contributed by atoms with Gasteiger partial charge in [-0.3, -0.25) is 0 Å². The van der Waals surface area contributed by atoms with Crippen molar-refractivity contribution < 1.29 is 4.74 Å². The standard InChI is InChI=1S/C71H62N2O/c1-3-54-18-22-56(23-19-54)12-11-13-57-28-40-66(41-29-57)72(70-48-36-64(37-49-70)62-14-7-5-8-15-62)67-42-30-58(31-43-67)24-25-59-32-44-68(45-33-59)73(71-50-38-65(39-51-71)63-16-9-6-10-17-63)69-46-34-61(35-47-69)53-74-52-60-26-20-55(4-2)21-27-60/h3-10,14-23,26-51H,1-2,11-13,24-25,52-53H2. The molecule has 10 aromatic rings. The van der Waals surface area contributed by atoms with Gasteiger partial charge < -0.3 is 14.5 Å². The predicted octanol–water partition coefficient (Wildman–Crippen LogP) is 18.9. The molecular weight excluding hydrogens is 897 g/mol. The van der Waals surface area contributed by atoms with Gasteiger partial charge in [0, 0.05) is 34.1 Å². The number of hydrogen-bond acceptors (Lipinski definition) is 3. The maximum absolute atomic E-state index is 6.13. The molecule has 362 valence electrons. The number of nitrogens with zero attached hydrogens (tertiary/aromatic N) is 2. The van der Waals surface area contributed by atoms with Crippen LogP contribution in [0.2, 0.25) is 0 Å². The van der Waals surface area contributed by atoms with Crippen LogP contribution in [0.15, 0.2) is 268 Å². The van der Waals surface area contributed by atoms with E-state index in [1.807, 2.05) is 12.2 Å². The van der Waals surface area contributed by atoms with Gasteiger partial charge in [0.05, 0.1) is 13.2 Å². The van der Waals surface area contributed by atoms with E-state index in [0.29, 0.717) is 13.2 Å². The van der Waals surface area contributed by atoms with Crippen LogP contribution in [-0.2, 0) is 43.6 Å². The minimum atomic E-state index is 0.538. The Labute approximate surface area is 438 Å². The Morgan fingerprint density at radius 1 is 0.270 bits per heavy atom. The first-order valence-corrected chi connectivity index (χ1v) is 25.8. The Morgan fingerprint density at radius 2 is 0.527 bits per heavy atom. The summed E-state index contributed by atoms with van der Waals surface area (Å²) in [4.78, 5) is 4.71. The van der Waals surface area contributed by atoms with Crippen molar-refractivity contribution in [2.45, 2.75) is 45.3 Å². The van der Waals surface area contributed by atoms with Gasteiger partial charge in [-0.05, 0) is 172 Å². The number of ether oxygens (including phenoxy) is 1. The monoisotopic (exact) mass is 958 g/mol. The largest absolute Gasteiger partial charge is 0.372 e. The maximum atomic E-state index is 6.13. The van der Waals surface area contributed by atoms with E-state index in [0.717, 1.165) is 88.5 Å². The summed E-state index contributed by atoms with van der Waals surface area (Å²) in [5.74, 6) is 0. The number of hydrogen-bond donors (Lipinski definition) is 0. The van der Waals surface area contributed by atoms with Gasteiger partial charge in [-0.25, -0.2) is 0 Å². The smallest absolute Gasteiger partial charge is 0.0721 e. The van der Waals surface area contributed by atoms with Gasteiger partial charge in [0.25, 0.3) is 0 Å². The minimum Gasteiger partial charge on any atom is -0.372 e. The van der Waals surface area contributed by atoms with E-state index in [2.05, 4.69) is 278 Å². The maximum Gasteiger partial charge on any atom is 0.0721 e. The van der Waals surface area contributed by atoms with Crippen molar-refractivity contribution in [2.24, 2.45) is 0 Å². The highest BCUT2D eigenvalue weighted by Gasteiger charge is 2.16. The zero-order valence-electron chi connectivity index (χ0n) is 42.1. The lowest BCUT2D eigenvalue weighted by molar-refractivity contribution is 0.107. The van der Waals surface area contributed by atoms with Crippen LogP contribution in [0.25, 0.3) is 34.4 Å². The van der Waals surface area contributed by atoms with Crippen molar-refractivity contribution in [3.8, 4) is 22.3 Å². The highest BCUT2D eigenvalue weighted by molar-refractivity contribution is 5.80. The molecule has 0 amide bonds. The van der Waals surface area contributed by atoms with Crippen LogP contribution in [-0.4, -0.2) is 0 Å². The molecule has 3 nitrogen and oxygen atoms in total. The van der Waals surface area contributed by atoms with Crippen molar-refractivity contribution in [1.29, 1.82) is 0 Å². The molecule has 0 unspecified atom stereocenters. The van der Waals surface area contributed by atoms with Gasteiger partial charge in [-0.1, -0.05) is 207 Å². The molecule has 0 saturated heterocycles. The first kappa shape index (κ1) is 48.8. The molecule has 0 atom stereocenters. The van der Waals surface area contributed by atoms with Crippen LogP contribution in [0.4, 0.5) is 34.1 Å². The second-order valence-corrected chi connectivity index (χ2v) is 18.9. The van der Waals surface area contributed by atoms with Gasteiger partial charge in [-0.2, -0.15) is 0 Å². The van der Waals surface area contributed by atoms with E-state index < -0.39 is 0 Å². The normalized spacial score (nSPS) is 11.0. The summed E-state index contributed by atoms with van der Waals surface area (Å²) in [7, 11) is 0. The fourth-order valence-corrected chi connectivity index (χ4v) is 9.58. The van der Waals surface area contributed by atoms with Gasteiger partial charge in [0.1, 0.15) is 0 Å². The Hall–Kier alpha value is -8.76. The summed E-state index contributed by atoms with van der Waals surface area (Å²) in [6.45, 7) is 8.85. The van der Waals surface area contributed by atoms with Crippen LogP contribution >= 0.6 is 0 Å². The molecule has 0 saturated carbocycles. The molecule has 0 heterocycles. The number of aryl methyl sites for hydroxylation is 4. The molecule has 0 aromatic heterocycles. The summed E-state index contributed by atoms with van der Waals surface area (Å²) in [5, 5.41) is 0. The number of anilines is 6. The highest BCUT2D eigenvalue weighted by Crippen LogP contribution is 2.38. The van der Waals surface area contributed by atoms with E-state index in [4.69, 9.17) is 4.74 Å². The van der Waals surface area contributed by atoms with Gasteiger partial charge in [0.2, 0.25) is 0 Å². The summed E-state index contributed by atoms with van der Waals surface area (Å²) >= 11 is 0. The Balaban J connectivity index is 0.831. The topological polar surface area (TPSA) is 15.7 Å². The van der Waals surface area contributed by atoms with Crippen LogP contribution in [0.1, 0.15) is 50.9 Å². The van der Waals surface area contributed by atoms with Crippen LogP contribution < -0.4 is 9.80 Å². The first-order chi connectivity index (χ1) is 36.5. The van der Waals surface area contributed by atoms with Crippen LogP contribution in [0, 0.1) is 0 Å². The molecule has 10 aromatic carbocycles. The van der Waals surface area contributed by atoms with Gasteiger partial charge >= 0.3 is 0 Å². The van der Waals surface area contributed by atoms with E-state index in [9.17, 15) is 0 Å². The van der Waals surface area contributed by atoms with Gasteiger partial charge in [-0.15, -0.1) is 0 Å². The zero-order chi connectivity index (χ0) is 50.3. The molecule has 0 fully saturated rings. The number of rotatable bonds is 21. The molecule has 0 aliphatic carbocycles. The van der Waals surface area contributed by atoms with Crippen LogP contribution in [0.3, 0.4) is 0 Å². The minimum absolute atomic E-state index is 0.538. The second-order valence-electron chi connectivity index (χ2n) is 18.9. The van der Waals surface area contributed by atoms with Crippen molar-refractivity contribution in [2.75, 3.05) is 9.80 Å². The molecule has 0 bridgehead atoms. The Kier molecular flexibility index (Phi) is 15.9. The number of benzene rings is 10. The molecular formula is C71H62N2O. The first-order valence-electron chi connectivity index (χ1n) is 25.8. The van der Waals surface area contributed by atoms with E-state index in [-0.39, 0.29) is 0 Å². The molecule has 74 heavy (non-hydrogen) atoms. The average Bonchev–Trinajstić information content (AvgIpc) is 3.47. The van der Waals surface area contributed by atoms with E-state index in [1.165, 1.54) is 44.5 Å². The summed E-state index contributed by atoms with van der Waals surface area (Å²) in [5.41, 5.74) is 21.4. The Morgan fingerprint density at radius 3 is 0.851 bits per heavy atom. The molecule has 0 radical (unpaired) electrons. The molecule has 10 rings (SSSR count). The summed E-state index contributed by atoms with van der Waals surface area (Å²) < 4.78 is 6.13. The van der Waals surface area contributed by atoms with Gasteiger partial charge in [0.15, 0.2) is 0 Å². The SMILES string of the molecule is C=Cc1ccc(CCCc2ccc(N(c3ccc(CCc4ccc(N(c5ccc(COCc6ccc(C=C)cc6)cc5)c5ccc(-c6ccccc6)cc5)cc4)cc3)c3ccc(-c4ccccc4)cc3)cc2)cc1. The quantitative estimate of drug-likeness (QED) is 0.0714. The summed E-state index contributed by atoms with van der Waals surface area (Å²) in [6, 6.07) is 92.1. The zero-order valence-corrected chi connectivity index (χ0v) is 42.1. The predicted molar refractivity (Wildman–Crippen MR) is 314 cm³/mol. The molecule has 0 aliphatic heterocycles.